The van der Waals surface area contributed by atoms with Gasteiger partial charge in [-0.25, -0.2) is 0 Å². The number of benzene rings is 2. The Bertz CT molecular complexity index is 917. The third-order valence-corrected chi connectivity index (χ3v) is 8.97. The number of hydrogen-bond donors (Lipinski definition) is 1. The molecule has 142 valence electrons. The fourth-order valence-corrected chi connectivity index (χ4v) is 7.36. The number of nitrogens with one attached hydrogen (secondary N) is 1. The molecular formula is C24H31N2S+. The molecule has 1 aromatic heterocycles. The molecule has 2 aromatic carbocycles. The van der Waals surface area contributed by atoms with Gasteiger partial charge in [0.2, 0.25) is 0 Å². The van der Waals surface area contributed by atoms with Crippen molar-refractivity contribution in [2.45, 2.75) is 62.4 Å². The summed E-state index contributed by atoms with van der Waals surface area (Å²) in [4.78, 5) is 1.59. The average Bonchev–Trinajstić information content (AvgIpc) is 3.36. The molecule has 1 N–H and O–H groups in total. The van der Waals surface area contributed by atoms with Crippen LogP contribution in [0.2, 0.25) is 0 Å². The molecule has 1 aliphatic carbocycles. The Balaban J connectivity index is 1.44. The van der Waals surface area contributed by atoms with E-state index in [9.17, 15) is 0 Å². The van der Waals surface area contributed by atoms with Gasteiger partial charge in [-0.2, -0.15) is 0 Å². The van der Waals surface area contributed by atoms with Crippen molar-refractivity contribution >= 4 is 32.7 Å². The minimum Gasteiger partial charge on any atom is -0.339 e. The van der Waals surface area contributed by atoms with Crippen LogP contribution in [0.5, 0.6) is 0 Å². The number of para-hydroxylation sites is 1. The molecule has 0 unspecified atom stereocenters. The van der Waals surface area contributed by atoms with Gasteiger partial charge in [0.25, 0.3) is 0 Å². The van der Waals surface area contributed by atoms with E-state index in [1.54, 1.807) is 4.90 Å². The van der Waals surface area contributed by atoms with Crippen LogP contribution in [-0.2, 0) is 17.4 Å². The molecule has 27 heavy (non-hydrogen) atoms. The fourth-order valence-electron chi connectivity index (χ4n) is 5.03. The molecule has 0 spiro atoms. The van der Waals surface area contributed by atoms with Gasteiger partial charge in [0.1, 0.15) is 11.5 Å². The molecular weight excluding hydrogens is 348 g/mol. The Morgan fingerprint density at radius 1 is 0.852 bits per heavy atom. The van der Waals surface area contributed by atoms with Gasteiger partial charge in [0.15, 0.2) is 4.90 Å². The first-order valence-corrected chi connectivity index (χ1v) is 12.4. The lowest BCUT2D eigenvalue weighted by Crippen LogP contribution is -2.33. The van der Waals surface area contributed by atoms with E-state index in [4.69, 9.17) is 0 Å². The molecule has 3 aromatic rings. The summed E-state index contributed by atoms with van der Waals surface area (Å²) in [6.45, 7) is 2.14. The number of fused-ring (bicyclic) bond motifs is 3. The molecule has 2 heterocycles. The summed E-state index contributed by atoms with van der Waals surface area (Å²) in [6, 6.07) is 17.1. The summed E-state index contributed by atoms with van der Waals surface area (Å²) in [6.07, 6.45) is 9.77. The van der Waals surface area contributed by atoms with Crippen LogP contribution >= 0.6 is 0 Å². The van der Waals surface area contributed by atoms with Crippen LogP contribution in [0.4, 0.5) is 0 Å². The minimum absolute atomic E-state index is 0.489. The third-order valence-electron chi connectivity index (χ3n) is 6.48. The maximum Gasteiger partial charge on any atom is 0.155 e. The van der Waals surface area contributed by atoms with Crippen LogP contribution in [0.15, 0.2) is 47.4 Å². The monoisotopic (exact) mass is 379 g/mol. The predicted molar refractivity (Wildman–Crippen MR) is 119 cm³/mol. The first-order valence-electron chi connectivity index (χ1n) is 10.8. The number of rotatable bonds is 5. The third kappa shape index (κ3) is 3.52. The summed E-state index contributed by atoms with van der Waals surface area (Å²) >= 11 is 0. The molecule has 2 nitrogen and oxygen atoms in total. The first kappa shape index (κ1) is 17.6. The molecule has 1 aliphatic heterocycles. The van der Waals surface area contributed by atoms with Crippen molar-refractivity contribution in [2.75, 3.05) is 18.1 Å². The number of aromatic nitrogens is 1. The van der Waals surface area contributed by atoms with Crippen molar-refractivity contribution in [3.63, 3.8) is 0 Å². The molecule has 0 amide bonds. The lowest BCUT2D eigenvalue weighted by Gasteiger charge is -2.23. The molecule has 0 radical (unpaired) electrons. The molecule has 2 aliphatic rings. The van der Waals surface area contributed by atoms with E-state index < -0.39 is 0 Å². The van der Waals surface area contributed by atoms with Crippen molar-refractivity contribution in [3.05, 3.63) is 42.5 Å². The van der Waals surface area contributed by atoms with Gasteiger partial charge in [-0.05, 0) is 43.9 Å². The highest BCUT2D eigenvalue weighted by Gasteiger charge is 2.27. The normalized spacial score (nSPS) is 19.4. The van der Waals surface area contributed by atoms with E-state index in [-0.39, 0.29) is 0 Å². The zero-order valence-corrected chi connectivity index (χ0v) is 17.1. The van der Waals surface area contributed by atoms with Crippen molar-refractivity contribution in [2.24, 2.45) is 0 Å². The summed E-state index contributed by atoms with van der Waals surface area (Å²) < 4.78 is 2.54. The molecule has 1 saturated carbocycles. The molecule has 0 atom stereocenters. The van der Waals surface area contributed by atoms with Crippen LogP contribution in [0.1, 0.15) is 44.9 Å². The quantitative estimate of drug-likeness (QED) is 0.580. The fraction of sp³-hybridized carbons (Fsp3) is 0.500. The van der Waals surface area contributed by atoms with E-state index in [0.717, 1.165) is 19.1 Å². The molecule has 0 bridgehead atoms. The molecule has 2 fully saturated rings. The van der Waals surface area contributed by atoms with Crippen LogP contribution in [0.25, 0.3) is 21.8 Å². The van der Waals surface area contributed by atoms with E-state index in [1.807, 2.05) is 0 Å². The van der Waals surface area contributed by atoms with Crippen molar-refractivity contribution in [1.82, 2.24) is 9.88 Å². The standard InChI is InChI=1S/C24H31N2S/c1-2-8-19(9-3-1)25-14-15-26-23-11-5-4-10-21(23)22-18-20(12-13-24(22)26)27-16-6-7-17-27/h4-5,10-13,18-19,25H,1-3,6-9,14-17H2/q+1. The SMILES string of the molecule is c1ccc2c(c1)c1cc([S+]3CCCC3)ccc1n2CCNC1CCCCC1. The van der Waals surface area contributed by atoms with Crippen LogP contribution in [-0.4, -0.2) is 28.7 Å². The smallest absolute Gasteiger partial charge is 0.155 e. The van der Waals surface area contributed by atoms with Gasteiger partial charge >= 0.3 is 0 Å². The number of hydrogen-bond acceptors (Lipinski definition) is 1. The molecule has 1 saturated heterocycles. The summed E-state index contributed by atoms with van der Waals surface area (Å²) in [5.74, 6) is 2.80. The largest absolute Gasteiger partial charge is 0.339 e. The Hall–Kier alpha value is -1.45. The van der Waals surface area contributed by atoms with E-state index in [0.29, 0.717) is 10.9 Å². The van der Waals surface area contributed by atoms with Gasteiger partial charge in [-0.1, -0.05) is 37.5 Å². The van der Waals surface area contributed by atoms with Gasteiger partial charge in [-0.15, -0.1) is 0 Å². The van der Waals surface area contributed by atoms with Gasteiger partial charge in [-0.3, -0.25) is 0 Å². The van der Waals surface area contributed by atoms with Gasteiger partial charge < -0.3 is 9.88 Å². The zero-order chi connectivity index (χ0) is 18.1. The Morgan fingerprint density at radius 3 is 2.48 bits per heavy atom. The van der Waals surface area contributed by atoms with Crippen molar-refractivity contribution < 1.29 is 0 Å². The lowest BCUT2D eigenvalue weighted by atomic mass is 9.95. The van der Waals surface area contributed by atoms with E-state index in [1.165, 1.54) is 78.3 Å². The predicted octanol–water partition coefficient (Wildman–Crippen LogP) is 5.49. The lowest BCUT2D eigenvalue weighted by molar-refractivity contribution is 0.369. The Morgan fingerprint density at radius 2 is 1.63 bits per heavy atom. The second-order valence-corrected chi connectivity index (χ2v) is 10.5. The Kier molecular flexibility index (Phi) is 5.15. The van der Waals surface area contributed by atoms with Crippen LogP contribution < -0.4 is 5.32 Å². The van der Waals surface area contributed by atoms with Gasteiger partial charge in [0, 0.05) is 57.9 Å². The summed E-state index contributed by atoms with van der Waals surface area (Å²) in [5, 5.41) is 6.71. The maximum atomic E-state index is 3.83. The average molecular weight is 380 g/mol. The molecule has 3 heteroatoms. The summed E-state index contributed by atoms with van der Waals surface area (Å²) in [5.41, 5.74) is 2.80. The topological polar surface area (TPSA) is 17.0 Å². The van der Waals surface area contributed by atoms with Crippen molar-refractivity contribution in [3.8, 4) is 0 Å². The van der Waals surface area contributed by atoms with E-state index >= 15 is 0 Å². The highest BCUT2D eigenvalue weighted by molar-refractivity contribution is 7.97. The minimum atomic E-state index is 0.489. The molecule has 5 rings (SSSR count). The highest BCUT2D eigenvalue weighted by Crippen LogP contribution is 2.33. The van der Waals surface area contributed by atoms with Crippen molar-refractivity contribution in [1.29, 1.82) is 0 Å². The zero-order valence-electron chi connectivity index (χ0n) is 16.3. The maximum absolute atomic E-state index is 3.83. The van der Waals surface area contributed by atoms with Gasteiger partial charge in [0.05, 0.1) is 0 Å². The van der Waals surface area contributed by atoms with Crippen LogP contribution in [0, 0.1) is 0 Å². The van der Waals surface area contributed by atoms with Crippen LogP contribution in [0.3, 0.4) is 0 Å². The number of nitrogens with zero attached hydrogens (tertiary/aromatic N) is 1. The summed E-state index contributed by atoms with van der Waals surface area (Å²) in [7, 11) is 0.489. The second-order valence-electron chi connectivity index (χ2n) is 8.24. The Labute approximate surface area is 165 Å². The van der Waals surface area contributed by atoms with E-state index in [2.05, 4.69) is 52.3 Å². The first-order chi connectivity index (χ1) is 13.4. The second kappa shape index (κ2) is 7.89. The highest BCUT2D eigenvalue weighted by atomic mass is 32.2.